The number of carboxylic acids is 1. The van der Waals surface area contributed by atoms with Gasteiger partial charge in [-0.25, -0.2) is 4.79 Å². The van der Waals surface area contributed by atoms with Crippen LogP contribution in [0.2, 0.25) is 0 Å². The maximum absolute atomic E-state index is 12.4. The summed E-state index contributed by atoms with van der Waals surface area (Å²) in [5.41, 5.74) is 0. The highest BCUT2D eigenvalue weighted by Gasteiger charge is 2.29. The molecule has 0 aromatic carbocycles. The summed E-state index contributed by atoms with van der Waals surface area (Å²) in [7, 11) is 1.54. The molecule has 0 aromatic rings. The lowest BCUT2D eigenvalue weighted by Crippen LogP contribution is -2.52. The molecule has 0 bridgehead atoms. The maximum atomic E-state index is 12.4. The van der Waals surface area contributed by atoms with E-state index in [0.717, 1.165) is 32.2 Å². The molecular formula is C13H24N2O4. The Bertz CT molecular complexity index is 309. The third kappa shape index (κ3) is 4.70. The number of rotatable bonds is 6. The molecule has 1 atom stereocenters. The van der Waals surface area contributed by atoms with E-state index in [2.05, 4.69) is 6.92 Å². The Hall–Kier alpha value is -1.30. The molecule has 0 radical (unpaired) electrons. The average Bonchev–Trinajstić information content (AvgIpc) is 2.42. The van der Waals surface area contributed by atoms with Gasteiger partial charge in [0.05, 0.1) is 6.61 Å². The Kier molecular flexibility index (Phi) is 6.62. The van der Waals surface area contributed by atoms with Gasteiger partial charge >= 0.3 is 12.0 Å². The van der Waals surface area contributed by atoms with Gasteiger partial charge in [-0.05, 0) is 25.7 Å². The molecule has 0 aliphatic carbocycles. The molecule has 110 valence electrons. The van der Waals surface area contributed by atoms with Crippen molar-refractivity contribution in [2.24, 2.45) is 0 Å². The van der Waals surface area contributed by atoms with Gasteiger partial charge in [0, 0.05) is 26.2 Å². The van der Waals surface area contributed by atoms with Gasteiger partial charge in [-0.15, -0.1) is 0 Å². The highest BCUT2D eigenvalue weighted by atomic mass is 16.5. The Morgan fingerprint density at radius 3 is 2.74 bits per heavy atom. The summed E-state index contributed by atoms with van der Waals surface area (Å²) in [6.07, 6.45) is 4.05. The van der Waals surface area contributed by atoms with Crippen LogP contribution in [-0.4, -0.2) is 66.3 Å². The molecule has 0 saturated carbocycles. The first-order valence-corrected chi connectivity index (χ1v) is 6.86. The van der Waals surface area contributed by atoms with Crippen LogP contribution >= 0.6 is 0 Å². The number of carbonyl (C=O) groups is 2. The third-order valence-corrected chi connectivity index (χ3v) is 3.51. The number of hydrogen-bond acceptors (Lipinski definition) is 3. The van der Waals surface area contributed by atoms with Crippen LogP contribution in [0.5, 0.6) is 0 Å². The minimum atomic E-state index is -0.991. The van der Waals surface area contributed by atoms with Gasteiger partial charge in [-0.1, -0.05) is 6.92 Å². The van der Waals surface area contributed by atoms with E-state index in [4.69, 9.17) is 9.84 Å². The van der Waals surface area contributed by atoms with Crippen LogP contribution in [-0.2, 0) is 9.53 Å². The Morgan fingerprint density at radius 1 is 1.42 bits per heavy atom. The second-order valence-electron chi connectivity index (χ2n) is 4.84. The monoisotopic (exact) mass is 272 g/mol. The standard InChI is InChI=1S/C13H24N2O4/c1-3-11-6-4-5-7-15(11)13(18)14(8-9-19-2)10-12(16)17/h11H,3-10H2,1-2H3,(H,16,17). The highest BCUT2D eigenvalue weighted by molar-refractivity contribution is 5.80. The zero-order valence-electron chi connectivity index (χ0n) is 11.8. The summed E-state index contributed by atoms with van der Waals surface area (Å²) in [4.78, 5) is 26.5. The number of urea groups is 1. The van der Waals surface area contributed by atoms with Crippen molar-refractivity contribution in [3.8, 4) is 0 Å². The van der Waals surface area contributed by atoms with Crippen LogP contribution in [0.25, 0.3) is 0 Å². The first-order valence-electron chi connectivity index (χ1n) is 6.86. The molecule has 0 spiro atoms. The number of carbonyl (C=O) groups excluding carboxylic acids is 1. The molecule has 1 saturated heterocycles. The van der Waals surface area contributed by atoms with E-state index in [1.165, 1.54) is 4.90 Å². The van der Waals surface area contributed by atoms with Gasteiger partial charge in [0.25, 0.3) is 0 Å². The summed E-state index contributed by atoms with van der Waals surface area (Å²) in [5.74, 6) is -0.991. The number of ether oxygens (including phenoxy) is 1. The summed E-state index contributed by atoms with van der Waals surface area (Å²) in [6, 6.07) is 0.0612. The Labute approximate surface area is 114 Å². The van der Waals surface area contributed by atoms with E-state index < -0.39 is 5.97 Å². The van der Waals surface area contributed by atoms with Gasteiger partial charge in [0.2, 0.25) is 0 Å². The first-order chi connectivity index (χ1) is 9.10. The molecule has 6 heteroatoms. The van der Waals surface area contributed by atoms with Crippen LogP contribution in [0, 0.1) is 0 Å². The molecule has 1 rings (SSSR count). The van der Waals surface area contributed by atoms with Crippen LogP contribution < -0.4 is 0 Å². The molecule has 0 aromatic heterocycles. The average molecular weight is 272 g/mol. The van der Waals surface area contributed by atoms with Crippen molar-refractivity contribution in [1.29, 1.82) is 0 Å². The van der Waals surface area contributed by atoms with Crippen molar-refractivity contribution in [1.82, 2.24) is 9.80 Å². The lowest BCUT2D eigenvalue weighted by atomic mass is 10.0. The van der Waals surface area contributed by atoms with Crippen LogP contribution in [0.3, 0.4) is 0 Å². The van der Waals surface area contributed by atoms with Crippen molar-refractivity contribution in [2.45, 2.75) is 38.6 Å². The molecule has 6 nitrogen and oxygen atoms in total. The van der Waals surface area contributed by atoms with E-state index in [1.54, 1.807) is 7.11 Å². The molecule has 1 unspecified atom stereocenters. The van der Waals surface area contributed by atoms with Crippen molar-refractivity contribution in [3.63, 3.8) is 0 Å². The zero-order valence-corrected chi connectivity index (χ0v) is 11.8. The first kappa shape index (κ1) is 15.8. The number of carboxylic acid groups (broad SMARTS) is 1. The van der Waals surface area contributed by atoms with Gasteiger partial charge in [-0.2, -0.15) is 0 Å². The molecule has 1 N–H and O–H groups in total. The molecule has 2 amide bonds. The lowest BCUT2D eigenvalue weighted by molar-refractivity contribution is -0.137. The van der Waals surface area contributed by atoms with Gasteiger partial charge in [-0.3, -0.25) is 4.79 Å². The maximum Gasteiger partial charge on any atom is 0.323 e. The smallest absolute Gasteiger partial charge is 0.323 e. The quantitative estimate of drug-likeness (QED) is 0.793. The number of amides is 2. The molecule has 19 heavy (non-hydrogen) atoms. The number of hydrogen-bond donors (Lipinski definition) is 1. The van der Waals surface area contributed by atoms with E-state index in [9.17, 15) is 9.59 Å². The number of likely N-dealkylation sites (tertiary alicyclic amines) is 1. The van der Waals surface area contributed by atoms with Crippen molar-refractivity contribution in [2.75, 3.05) is 33.4 Å². The van der Waals surface area contributed by atoms with E-state index in [1.807, 2.05) is 4.90 Å². The van der Waals surface area contributed by atoms with E-state index >= 15 is 0 Å². The van der Waals surface area contributed by atoms with Gasteiger partial charge in [0.15, 0.2) is 0 Å². The Morgan fingerprint density at radius 2 is 2.16 bits per heavy atom. The Balaban J connectivity index is 2.69. The second kappa shape index (κ2) is 7.99. The molecule has 1 aliphatic rings. The van der Waals surface area contributed by atoms with Gasteiger partial charge in [0.1, 0.15) is 6.54 Å². The predicted octanol–water partition coefficient (Wildman–Crippen LogP) is 1.40. The van der Waals surface area contributed by atoms with Crippen LogP contribution in [0.15, 0.2) is 0 Å². The number of nitrogens with zero attached hydrogens (tertiary/aromatic N) is 2. The second-order valence-corrected chi connectivity index (χ2v) is 4.84. The molecule has 1 fully saturated rings. The lowest BCUT2D eigenvalue weighted by Gasteiger charge is -2.38. The topological polar surface area (TPSA) is 70.1 Å². The van der Waals surface area contributed by atoms with Crippen molar-refractivity contribution < 1.29 is 19.4 Å². The minimum Gasteiger partial charge on any atom is -0.480 e. The van der Waals surface area contributed by atoms with Crippen molar-refractivity contribution >= 4 is 12.0 Å². The normalized spacial score (nSPS) is 19.3. The number of piperidine rings is 1. The van der Waals surface area contributed by atoms with E-state index in [0.29, 0.717) is 13.2 Å². The molecule has 1 heterocycles. The number of methoxy groups -OCH3 is 1. The van der Waals surface area contributed by atoms with Crippen LogP contribution in [0.1, 0.15) is 32.6 Å². The predicted molar refractivity (Wildman–Crippen MR) is 71.1 cm³/mol. The van der Waals surface area contributed by atoms with Crippen LogP contribution in [0.4, 0.5) is 4.79 Å². The SMILES string of the molecule is CCC1CCCCN1C(=O)N(CCOC)CC(=O)O. The van der Waals surface area contributed by atoms with Crippen molar-refractivity contribution in [3.05, 3.63) is 0 Å². The fourth-order valence-corrected chi connectivity index (χ4v) is 2.47. The fourth-order valence-electron chi connectivity index (χ4n) is 2.47. The summed E-state index contributed by atoms with van der Waals surface area (Å²) >= 11 is 0. The zero-order chi connectivity index (χ0) is 14.3. The number of aliphatic carboxylic acids is 1. The largest absolute Gasteiger partial charge is 0.480 e. The minimum absolute atomic E-state index is 0.175. The third-order valence-electron chi connectivity index (χ3n) is 3.51. The summed E-state index contributed by atoms with van der Waals surface area (Å²) < 4.78 is 4.94. The van der Waals surface area contributed by atoms with E-state index in [-0.39, 0.29) is 18.6 Å². The summed E-state index contributed by atoms with van der Waals surface area (Å²) in [5, 5.41) is 8.90. The molecule has 1 aliphatic heterocycles. The van der Waals surface area contributed by atoms with Gasteiger partial charge < -0.3 is 19.6 Å². The molecular weight excluding hydrogens is 248 g/mol. The highest BCUT2D eigenvalue weighted by Crippen LogP contribution is 2.20. The summed E-state index contributed by atoms with van der Waals surface area (Å²) in [6.45, 7) is 3.18. The fraction of sp³-hybridized carbons (Fsp3) is 0.846.